The molecule has 2 rings (SSSR count). The smallest absolute Gasteiger partial charge is 0.200 e. The van der Waals surface area contributed by atoms with Crippen molar-refractivity contribution in [2.45, 2.75) is 5.16 Å². The minimum Gasteiger partial charge on any atom is -0.311 e. The fourth-order valence-electron chi connectivity index (χ4n) is 1.39. The number of nitrogens with zero attached hydrogens (tertiary/aromatic N) is 2. The second-order valence-corrected chi connectivity index (χ2v) is 3.98. The number of hydrogen-bond acceptors (Lipinski definition) is 3. The van der Waals surface area contributed by atoms with Crippen molar-refractivity contribution in [3.05, 3.63) is 43.1 Å². The van der Waals surface area contributed by atoms with Crippen molar-refractivity contribution in [3.63, 3.8) is 0 Å². The van der Waals surface area contributed by atoms with Crippen LogP contribution in [0.1, 0.15) is 0 Å². The quantitative estimate of drug-likeness (QED) is 0.757. The van der Waals surface area contributed by atoms with Crippen LogP contribution in [0.4, 0.5) is 0 Å². The molecule has 1 aromatic carbocycles. The molecule has 0 spiro atoms. The summed E-state index contributed by atoms with van der Waals surface area (Å²) in [5.74, 6) is 0. The standard InChI is InChI=1S/C12H12N2OS/c1-3-14-9-11(13-12(14)16-15-2)10-7-5-4-6-8-10/h3-9H,1H2,2H3. The predicted molar refractivity (Wildman–Crippen MR) is 66.9 cm³/mol. The van der Waals surface area contributed by atoms with E-state index in [9.17, 15) is 0 Å². The van der Waals surface area contributed by atoms with Crippen LogP contribution in [0.5, 0.6) is 0 Å². The van der Waals surface area contributed by atoms with Crippen molar-refractivity contribution in [3.8, 4) is 11.3 Å². The third-order valence-corrected chi connectivity index (χ3v) is 2.74. The summed E-state index contributed by atoms with van der Waals surface area (Å²) in [5.41, 5.74) is 2.00. The van der Waals surface area contributed by atoms with E-state index in [2.05, 4.69) is 11.6 Å². The fourth-order valence-corrected chi connectivity index (χ4v) is 1.89. The maximum absolute atomic E-state index is 5.01. The zero-order chi connectivity index (χ0) is 11.4. The highest BCUT2D eigenvalue weighted by Crippen LogP contribution is 2.24. The molecule has 0 N–H and O–H groups in total. The molecule has 0 aliphatic rings. The van der Waals surface area contributed by atoms with Gasteiger partial charge < -0.3 is 4.18 Å². The molecule has 0 amide bonds. The summed E-state index contributed by atoms with van der Waals surface area (Å²) in [6.07, 6.45) is 3.64. The third kappa shape index (κ3) is 2.18. The highest BCUT2D eigenvalue weighted by Gasteiger charge is 2.08. The van der Waals surface area contributed by atoms with Crippen LogP contribution in [0.2, 0.25) is 0 Å². The lowest BCUT2D eigenvalue weighted by Crippen LogP contribution is -1.85. The van der Waals surface area contributed by atoms with Crippen molar-refractivity contribution in [2.75, 3.05) is 7.11 Å². The molecule has 0 saturated heterocycles. The Balaban J connectivity index is 2.40. The molecule has 1 heterocycles. The lowest BCUT2D eigenvalue weighted by atomic mass is 10.2. The SMILES string of the molecule is C=Cn1cc(-c2ccccc2)nc1SOC. The zero-order valence-corrected chi connectivity index (χ0v) is 9.78. The van der Waals surface area contributed by atoms with Gasteiger partial charge in [-0.05, 0) is 0 Å². The van der Waals surface area contributed by atoms with E-state index >= 15 is 0 Å². The molecule has 0 bridgehead atoms. The fraction of sp³-hybridized carbons (Fsp3) is 0.0833. The molecule has 0 aliphatic carbocycles. The van der Waals surface area contributed by atoms with E-state index in [1.54, 1.807) is 13.3 Å². The van der Waals surface area contributed by atoms with Crippen molar-refractivity contribution in [1.82, 2.24) is 9.55 Å². The van der Waals surface area contributed by atoms with Gasteiger partial charge in [-0.3, -0.25) is 4.57 Å². The van der Waals surface area contributed by atoms with E-state index in [0.29, 0.717) is 0 Å². The van der Waals surface area contributed by atoms with Gasteiger partial charge in [0.15, 0.2) is 5.16 Å². The van der Waals surface area contributed by atoms with Gasteiger partial charge >= 0.3 is 0 Å². The molecular formula is C12H12N2OS. The molecular weight excluding hydrogens is 220 g/mol. The highest BCUT2D eigenvalue weighted by molar-refractivity contribution is 7.94. The lowest BCUT2D eigenvalue weighted by molar-refractivity contribution is 0.485. The molecule has 2 aromatic rings. The zero-order valence-electron chi connectivity index (χ0n) is 8.96. The molecule has 82 valence electrons. The van der Waals surface area contributed by atoms with Gasteiger partial charge in [0.1, 0.15) is 0 Å². The summed E-state index contributed by atoms with van der Waals surface area (Å²) in [4.78, 5) is 4.47. The second-order valence-electron chi connectivity index (χ2n) is 3.11. The first-order chi connectivity index (χ1) is 7.85. The van der Waals surface area contributed by atoms with Crippen molar-refractivity contribution in [2.24, 2.45) is 0 Å². The molecule has 0 saturated carbocycles. The van der Waals surface area contributed by atoms with Gasteiger partial charge in [-0.25, -0.2) is 4.98 Å². The maximum atomic E-state index is 5.01. The first-order valence-corrected chi connectivity index (χ1v) is 5.57. The Morgan fingerprint density at radius 1 is 1.38 bits per heavy atom. The lowest BCUT2D eigenvalue weighted by Gasteiger charge is -1.96. The summed E-state index contributed by atoms with van der Waals surface area (Å²) in [6.45, 7) is 3.73. The summed E-state index contributed by atoms with van der Waals surface area (Å²) in [6, 6.07) is 10.0. The Kier molecular flexibility index (Phi) is 3.44. The Hall–Kier alpha value is -1.52. The van der Waals surface area contributed by atoms with Gasteiger partial charge in [0.2, 0.25) is 0 Å². The maximum Gasteiger partial charge on any atom is 0.200 e. The molecule has 0 aliphatic heterocycles. The first-order valence-electron chi connectivity index (χ1n) is 4.82. The third-order valence-electron chi connectivity index (χ3n) is 2.12. The predicted octanol–water partition coefficient (Wildman–Crippen LogP) is 3.30. The van der Waals surface area contributed by atoms with Gasteiger partial charge in [0.05, 0.1) is 24.8 Å². The van der Waals surface area contributed by atoms with Crippen LogP contribution >= 0.6 is 12.0 Å². The average molecular weight is 232 g/mol. The van der Waals surface area contributed by atoms with Crippen LogP contribution in [-0.4, -0.2) is 16.7 Å². The van der Waals surface area contributed by atoms with Crippen LogP contribution in [0.25, 0.3) is 17.5 Å². The monoisotopic (exact) mass is 232 g/mol. The van der Waals surface area contributed by atoms with E-state index in [0.717, 1.165) is 16.4 Å². The van der Waals surface area contributed by atoms with Crippen molar-refractivity contribution < 1.29 is 4.18 Å². The number of rotatable bonds is 4. The van der Waals surface area contributed by atoms with Gasteiger partial charge in [0, 0.05) is 18.0 Å². The number of aromatic nitrogens is 2. The largest absolute Gasteiger partial charge is 0.311 e. The van der Waals surface area contributed by atoms with Crippen LogP contribution in [0, 0.1) is 0 Å². The summed E-state index contributed by atoms with van der Waals surface area (Å²) in [7, 11) is 1.62. The van der Waals surface area contributed by atoms with Crippen LogP contribution in [0.15, 0.2) is 48.3 Å². The highest BCUT2D eigenvalue weighted by atomic mass is 32.2. The summed E-state index contributed by atoms with van der Waals surface area (Å²) >= 11 is 1.22. The number of imidazole rings is 1. The normalized spacial score (nSPS) is 10.3. The Labute approximate surface area is 99.0 Å². The average Bonchev–Trinajstić information content (AvgIpc) is 2.74. The molecule has 0 atom stereocenters. The molecule has 4 heteroatoms. The van der Waals surface area contributed by atoms with E-state index in [1.807, 2.05) is 41.1 Å². The topological polar surface area (TPSA) is 27.1 Å². The van der Waals surface area contributed by atoms with E-state index in [1.165, 1.54) is 12.0 Å². The molecule has 0 unspecified atom stereocenters. The summed E-state index contributed by atoms with van der Waals surface area (Å²) in [5, 5.41) is 0.774. The van der Waals surface area contributed by atoms with Crippen molar-refractivity contribution in [1.29, 1.82) is 0 Å². The Bertz CT molecular complexity index is 479. The molecule has 0 fully saturated rings. The number of benzene rings is 1. The van der Waals surface area contributed by atoms with E-state index in [-0.39, 0.29) is 0 Å². The van der Waals surface area contributed by atoms with Crippen LogP contribution in [0.3, 0.4) is 0 Å². The molecule has 16 heavy (non-hydrogen) atoms. The first kappa shape index (κ1) is 11.0. The number of hydrogen-bond donors (Lipinski definition) is 0. The minimum absolute atomic E-state index is 0.774. The van der Waals surface area contributed by atoms with Gasteiger partial charge in [-0.1, -0.05) is 36.9 Å². The summed E-state index contributed by atoms with van der Waals surface area (Å²) < 4.78 is 6.85. The second kappa shape index (κ2) is 5.01. The van der Waals surface area contributed by atoms with Gasteiger partial charge in [-0.15, -0.1) is 0 Å². The van der Waals surface area contributed by atoms with Gasteiger partial charge in [-0.2, -0.15) is 0 Å². The Morgan fingerprint density at radius 2 is 2.12 bits per heavy atom. The van der Waals surface area contributed by atoms with E-state index < -0.39 is 0 Å². The molecule has 3 nitrogen and oxygen atoms in total. The van der Waals surface area contributed by atoms with Gasteiger partial charge in [0.25, 0.3) is 0 Å². The minimum atomic E-state index is 0.774. The molecule has 0 radical (unpaired) electrons. The van der Waals surface area contributed by atoms with Crippen LogP contribution < -0.4 is 0 Å². The van der Waals surface area contributed by atoms with Crippen LogP contribution in [-0.2, 0) is 4.18 Å². The molecule has 1 aromatic heterocycles. The van der Waals surface area contributed by atoms with Crippen molar-refractivity contribution >= 4 is 18.2 Å². The Morgan fingerprint density at radius 3 is 2.75 bits per heavy atom. The van der Waals surface area contributed by atoms with E-state index in [4.69, 9.17) is 4.18 Å².